The number of thioether (sulfide) groups is 1. The second kappa shape index (κ2) is 5.72. The summed E-state index contributed by atoms with van der Waals surface area (Å²) >= 11 is 7.86. The Morgan fingerprint density at radius 3 is 3.00 bits per heavy atom. The van der Waals surface area contributed by atoms with Gasteiger partial charge in [0.2, 0.25) is 0 Å². The van der Waals surface area contributed by atoms with Crippen molar-refractivity contribution in [3.63, 3.8) is 0 Å². The molecule has 2 rings (SSSR count). The Bertz CT molecular complexity index is 422. The highest BCUT2D eigenvalue weighted by Gasteiger charge is 2.23. The van der Waals surface area contributed by atoms with Crippen molar-refractivity contribution in [1.29, 1.82) is 0 Å². The third-order valence-electron chi connectivity index (χ3n) is 3.24. The predicted octanol–water partition coefficient (Wildman–Crippen LogP) is 3.37. The lowest BCUT2D eigenvalue weighted by Crippen LogP contribution is -2.38. The minimum absolute atomic E-state index is 0.233. The van der Waals surface area contributed by atoms with E-state index in [4.69, 9.17) is 16.3 Å². The van der Waals surface area contributed by atoms with Crippen LogP contribution < -0.4 is 10.1 Å². The first-order valence-electron chi connectivity index (χ1n) is 6.21. The molecule has 0 aromatic heterocycles. The Kier molecular flexibility index (Phi) is 4.46. The predicted molar refractivity (Wildman–Crippen MR) is 80.0 cm³/mol. The Morgan fingerprint density at radius 2 is 2.28 bits per heavy atom. The molecule has 4 heteroatoms. The summed E-state index contributed by atoms with van der Waals surface area (Å²) in [5, 5.41) is 4.28. The largest absolute Gasteiger partial charge is 0.488 e. The third-order valence-corrected chi connectivity index (χ3v) is 4.72. The Morgan fingerprint density at radius 1 is 1.50 bits per heavy atom. The molecule has 0 amide bonds. The van der Waals surface area contributed by atoms with Gasteiger partial charge in [-0.1, -0.05) is 11.6 Å². The van der Waals surface area contributed by atoms with Crippen molar-refractivity contribution in [3.8, 4) is 5.75 Å². The highest BCUT2D eigenvalue weighted by atomic mass is 35.5. The molecule has 1 unspecified atom stereocenters. The lowest BCUT2D eigenvalue weighted by Gasteiger charge is -2.23. The number of halogens is 1. The van der Waals surface area contributed by atoms with Gasteiger partial charge >= 0.3 is 0 Å². The summed E-state index contributed by atoms with van der Waals surface area (Å²) in [6.45, 7) is 6.37. The number of fused-ring (bicyclic) bond motifs is 1. The molecule has 2 nitrogen and oxygen atoms in total. The van der Waals surface area contributed by atoms with Gasteiger partial charge in [0.05, 0.1) is 0 Å². The van der Waals surface area contributed by atoms with E-state index in [-0.39, 0.29) is 10.9 Å². The van der Waals surface area contributed by atoms with Crippen LogP contribution in [-0.2, 0) is 6.42 Å². The topological polar surface area (TPSA) is 21.3 Å². The molecule has 0 saturated heterocycles. The molecule has 0 spiro atoms. The van der Waals surface area contributed by atoms with Crippen molar-refractivity contribution in [3.05, 3.63) is 28.8 Å². The number of rotatable bonds is 5. The van der Waals surface area contributed by atoms with Crippen LogP contribution in [0.25, 0.3) is 0 Å². The fourth-order valence-corrected chi connectivity index (χ4v) is 2.45. The molecular weight excluding hydrogens is 266 g/mol. The average molecular weight is 286 g/mol. The second-order valence-electron chi connectivity index (χ2n) is 5.29. The molecule has 1 heterocycles. The molecule has 0 radical (unpaired) electrons. The molecule has 0 bridgehead atoms. The SMILES string of the molecule is CSC(C)(C)CNCC1Cc2cc(Cl)ccc2O1. The van der Waals surface area contributed by atoms with Crippen molar-refractivity contribution >= 4 is 23.4 Å². The summed E-state index contributed by atoms with van der Waals surface area (Å²) in [6, 6.07) is 5.85. The molecule has 1 atom stereocenters. The molecule has 1 aromatic carbocycles. The summed E-state index contributed by atoms with van der Waals surface area (Å²) < 4.78 is 6.15. The smallest absolute Gasteiger partial charge is 0.123 e. The zero-order valence-electron chi connectivity index (χ0n) is 11.1. The van der Waals surface area contributed by atoms with Crippen LogP contribution in [-0.4, -0.2) is 30.2 Å². The monoisotopic (exact) mass is 285 g/mol. The summed E-state index contributed by atoms with van der Waals surface area (Å²) in [7, 11) is 0. The van der Waals surface area contributed by atoms with Crippen LogP contribution in [0.2, 0.25) is 5.02 Å². The van der Waals surface area contributed by atoms with Gasteiger partial charge in [-0.3, -0.25) is 0 Å². The van der Waals surface area contributed by atoms with Crippen LogP contribution in [0.3, 0.4) is 0 Å². The van der Waals surface area contributed by atoms with Gasteiger partial charge in [0.1, 0.15) is 11.9 Å². The van der Waals surface area contributed by atoms with E-state index in [1.165, 1.54) is 5.56 Å². The number of hydrogen-bond acceptors (Lipinski definition) is 3. The maximum absolute atomic E-state index is 5.98. The van der Waals surface area contributed by atoms with E-state index >= 15 is 0 Å². The molecule has 1 aromatic rings. The number of nitrogens with one attached hydrogen (secondary N) is 1. The van der Waals surface area contributed by atoms with Crippen molar-refractivity contribution in [2.75, 3.05) is 19.3 Å². The fraction of sp³-hybridized carbons (Fsp3) is 0.571. The van der Waals surface area contributed by atoms with E-state index in [2.05, 4.69) is 25.4 Å². The molecule has 0 fully saturated rings. The lowest BCUT2D eigenvalue weighted by atomic mass is 10.1. The maximum atomic E-state index is 5.98. The Labute approximate surface area is 118 Å². The van der Waals surface area contributed by atoms with Crippen LogP contribution in [0.5, 0.6) is 5.75 Å². The number of ether oxygens (including phenoxy) is 1. The van der Waals surface area contributed by atoms with E-state index < -0.39 is 0 Å². The maximum Gasteiger partial charge on any atom is 0.123 e. The molecule has 18 heavy (non-hydrogen) atoms. The van der Waals surface area contributed by atoms with Crippen LogP contribution in [0.1, 0.15) is 19.4 Å². The Hall–Kier alpha value is -0.380. The summed E-state index contributed by atoms with van der Waals surface area (Å²) in [4.78, 5) is 0. The highest BCUT2D eigenvalue weighted by molar-refractivity contribution is 7.99. The number of hydrogen-bond donors (Lipinski definition) is 1. The van der Waals surface area contributed by atoms with Gasteiger partial charge in [0.15, 0.2) is 0 Å². The normalized spacial score (nSPS) is 18.6. The van der Waals surface area contributed by atoms with Crippen molar-refractivity contribution in [2.45, 2.75) is 31.1 Å². The molecule has 0 saturated carbocycles. The van der Waals surface area contributed by atoms with E-state index in [1.54, 1.807) is 0 Å². The standard InChI is InChI=1S/C14H20ClNOS/c1-14(2,18-3)9-16-8-12-7-10-6-11(15)4-5-13(10)17-12/h4-6,12,16H,7-9H2,1-3H3. The van der Waals surface area contributed by atoms with E-state index in [0.717, 1.165) is 30.3 Å². The molecular formula is C14H20ClNOS. The molecule has 1 aliphatic heterocycles. The lowest BCUT2D eigenvalue weighted by molar-refractivity contribution is 0.227. The van der Waals surface area contributed by atoms with Crippen molar-refractivity contribution in [1.82, 2.24) is 5.32 Å². The first-order chi connectivity index (χ1) is 8.50. The van der Waals surface area contributed by atoms with Crippen LogP contribution in [0.4, 0.5) is 0 Å². The van der Waals surface area contributed by atoms with Crippen molar-refractivity contribution < 1.29 is 4.74 Å². The van der Waals surface area contributed by atoms with Crippen molar-refractivity contribution in [2.24, 2.45) is 0 Å². The van der Waals surface area contributed by atoms with Gasteiger partial charge in [-0.25, -0.2) is 0 Å². The molecule has 100 valence electrons. The van der Waals surface area contributed by atoms with Crippen LogP contribution in [0, 0.1) is 0 Å². The fourth-order valence-electron chi connectivity index (χ4n) is 2.01. The number of benzene rings is 1. The summed E-state index contributed by atoms with van der Waals surface area (Å²) in [5.74, 6) is 0.982. The van der Waals surface area contributed by atoms with Gasteiger partial charge in [0.25, 0.3) is 0 Å². The molecule has 1 aliphatic rings. The first kappa shape index (κ1) is 14.0. The van der Waals surface area contributed by atoms with Gasteiger partial charge < -0.3 is 10.1 Å². The van der Waals surface area contributed by atoms with Gasteiger partial charge in [-0.15, -0.1) is 0 Å². The quantitative estimate of drug-likeness (QED) is 0.896. The third kappa shape index (κ3) is 3.56. The molecule has 0 aliphatic carbocycles. The minimum atomic E-state index is 0.233. The summed E-state index contributed by atoms with van der Waals surface area (Å²) in [5.41, 5.74) is 1.22. The van der Waals surface area contributed by atoms with E-state index in [1.807, 2.05) is 30.0 Å². The second-order valence-corrected chi connectivity index (χ2v) is 7.24. The van der Waals surface area contributed by atoms with Crippen LogP contribution in [0.15, 0.2) is 18.2 Å². The average Bonchev–Trinajstić information content (AvgIpc) is 2.70. The van der Waals surface area contributed by atoms with Gasteiger partial charge in [-0.2, -0.15) is 11.8 Å². The zero-order valence-corrected chi connectivity index (χ0v) is 12.7. The highest BCUT2D eigenvalue weighted by Crippen LogP contribution is 2.30. The Balaban J connectivity index is 1.81. The first-order valence-corrected chi connectivity index (χ1v) is 7.81. The molecule has 1 N–H and O–H groups in total. The van der Waals surface area contributed by atoms with Crippen LogP contribution >= 0.6 is 23.4 Å². The van der Waals surface area contributed by atoms with E-state index in [0.29, 0.717) is 0 Å². The summed E-state index contributed by atoms with van der Waals surface area (Å²) in [6.07, 6.45) is 3.32. The van der Waals surface area contributed by atoms with Gasteiger partial charge in [0, 0.05) is 29.3 Å². The van der Waals surface area contributed by atoms with E-state index in [9.17, 15) is 0 Å². The van der Waals surface area contributed by atoms with Gasteiger partial charge in [-0.05, 0) is 43.9 Å². The minimum Gasteiger partial charge on any atom is -0.488 e. The zero-order chi connectivity index (χ0) is 13.2.